The van der Waals surface area contributed by atoms with E-state index >= 15 is 0 Å². The zero-order chi connectivity index (χ0) is 15.2. The molecule has 6 heteroatoms. The summed E-state index contributed by atoms with van der Waals surface area (Å²) in [5, 5.41) is 3.68. The first-order valence-corrected chi connectivity index (χ1v) is 8.83. The molecule has 4 nitrogen and oxygen atoms in total. The van der Waals surface area contributed by atoms with Crippen molar-refractivity contribution < 1.29 is 8.42 Å². The fourth-order valence-corrected chi connectivity index (χ4v) is 3.15. The van der Waals surface area contributed by atoms with Crippen molar-refractivity contribution in [3.63, 3.8) is 0 Å². The molecule has 2 N–H and O–H groups in total. The number of unbranched alkanes of at least 4 members (excludes halogenated alkanes) is 1. The van der Waals surface area contributed by atoms with Gasteiger partial charge in [-0.25, -0.2) is 8.42 Å². The van der Waals surface area contributed by atoms with Crippen molar-refractivity contribution >= 4 is 27.3 Å². The minimum absolute atomic E-state index is 0.108. The van der Waals surface area contributed by atoms with E-state index in [9.17, 15) is 8.42 Å². The maximum absolute atomic E-state index is 12.0. The maximum atomic E-state index is 12.0. The van der Waals surface area contributed by atoms with Gasteiger partial charge in [0.05, 0.1) is 16.5 Å². The van der Waals surface area contributed by atoms with Gasteiger partial charge in [-0.05, 0) is 44.0 Å². The molecule has 0 spiro atoms. The van der Waals surface area contributed by atoms with Crippen molar-refractivity contribution in [1.82, 2.24) is 5.32 Å². The second-order valence-electron chi connectivity index (χ2n) is 5.22. The number of hydrogen-bond acceptors (Lipinski definition) is 3. The molecule has 0 radical (unpaired) electrons. The Kier molecular flexibility index (Phi) is 6.79. The van der Waals surface area contributed by atoms with E-state index in [1.807, 2.05) is 13.0 Å². The number of nitrogens with one attached hydrogen (secondary N) is 2. The fraction of sp³-hybridized carbons (Fsp3) is 0.571. The predicted molar refractivity (Wildman–Crippen MR) is 86.0 cm³/mol. The molecule has 0 aliphatic rings. The first-order valence-electron chi connectivity index (χ1n) is 6.80. The molecule has 0 amide bonds. The summed E-state index contributed by atoms with van der Waals surface area (Å²) < 4.78 is 26.5. The summed E-state index contributed by atoms with van der Waals surface area (Å²) in [6, 6.07) is 5.70. The average molecular weight is 319 g/mol. The number of hydrogen-bond donors (Lipinski definition) is 2. The van der Waals surface area contributed by atoms with Crippen LogP contribution in [-0.2, 0) is 10.0 Å². The molecule has 0 aliphatic heterocycles. The van der Waals surface area contributed by atoms with Crippen molar-refractivity contribution in [3.05, 3.63) is 28.8 Å². The Morgan fingerprint density at radius 3 is 2.60 bits per heavy atom. The highest BCUT2D eigenvalue weighted by molar-refractivity contribution is 7.92. The Balaban J connectivity index is 2.47. The Hall–Kier alpha value is -0.780. The van der Waals surface area contributed by atoms with E-state index in [2.05, 4.69) is 23.9 Å². The Labute approximate surface area is 127 Å². The standard InChI is InChI=1S/C14H23ClN2O2S/c1-11(2)16-8-4-5-9-20(18,19)17-14-10-12(3)6-7-13(14)15/h6-7,10-11,16-17H,4-5,8-9H2,1-3H3. The van der Waals surface area contributed by atoms with Gasteiger partial charge in [0.2, 0.25) is 10.0 Å². The molecule has 1 rings (SSSR count). The largest absolute Gasteiger partial charge is 0.315 e. The summed E-state index contributed by atoms with van der Waals surface area (Å²) in [5.41, 5.74) is 1.42. The van der Waals surface area contributed by atoms with Crippen LogP contribution in [0, 0.1) is 6.92 Å². The van der Waals surface area contributed by atoms with Crippen molar-refractivity contribution in [1.29, 1.82) is 0 Å². The molecule has 20 heavy (non-hydrogen) atoms. The molecular formula is C14H23ClN2O2S. The number of anilines is 1. The Morgan fingerprint density at radius 1 is 1.25 bits per heavy atom. The summed E-state index contributed by atoms with van der Waals surface area (Å²) in [6.45, 7) is 6.86. The van der Waals surface area contributed by atoms with Gasteiger partial charge in [0.25, 0.3) is 0 Å². The van der Waals surface area contributed by atoms with Crippen molar-refractivity contribution in [3.8, 4) is 0 Å². The summed E-state index contributed by atoms with van der Waals surface area (Å²) in [7, 11) is -3.34. The summed E-state index contributed by atoms with van der Waals surface area (Å²) in [4.78, 5) is 0. The van der Waals surface area contributed by atoms with E-state index in [4.69, 9.17) is 11.6 Å². The van der Waals surface area contributed by atoms with Crippen LogP contribution in [0.15, 0.2) is 18.2 Å². The van der Waals surface area contributed by atoms with E-state index in [-0.39, 0.29) is 5.75 Å². The van der Waals surface area contributed by atoms with Crippen LogP contribution in [0.3, 0.4) is 0 Å². The van der Waals surface area contributed by atoms with Crippen LogP contribution in [0.25, 0.3) is 0 Å². The van der Waals surface area contributed by atoms with Crippen LogP contribution < -0.4 is 10.0 Å². The third kappa shape index (κ3) is 6.59. The SMILES string of the molecule is Cc1ccc(Cl)c(NS(=O)(=O)CCCCNC(C)C)c1. The van der Waals surface area contributed by atoms with Crippen LogP contribution in [0.1, 0.15) is 32.3 Å². The Bertz CT molecular complexity index is 530. The van der Waals surface area contributed by atoms with E-state index in [0.717, 1.165) is 18.5 Å². The first-order chi connectivity index (χ1) is 9.30. The lowest BCUT2D eigenvalue weighted by Crippen LogP contribution is -2.24. The zero-order valence-corrected chi connectivity index (χ0v) is 13.8. The van der Waals surface area contributed by atoms with Gasteiger partial charge in [-0.1, -0.05) is 31.5 Å². The van der Waals surface area contributed by atoms with Gasteiger partial charge in [0, 0.05) is 6.04 Å². The molecule has 1 aromatic rings. The fourth-order valence-electron chi connectivity index (χ4n) is 1.74. The number of rotatable bonds is 8. The molecule has 0 aliphatic carbocycles. The summed E-state index contributed by atoms with van der Waals surface area (Å²) >= 11 is 5.98. The number of aryl methyl sites for hydroxylation is 1. The normalized spacial score (nSPS) is 11.8. The number of benzene rings is 1. The highest BCUT2D eigenvalue weighted by Gasteiger charge is 2.12. The molecular weight excluding hydrogens is 296 g/mol. The van der Waals surface area contributed by atoms with Crippen LogP contribution in [0.5, 0.6) is 0 Å². The molecule has 0 aromatic heterocycles. The van der Waals surface area contributed by atoms with Gasteiger partial charge in [0.1, 0.15) is 0 Å². The van der Waals surface area contributed by atoms with Crippen LogP contribution >= 0.6 is 11.6 Å². The summed E-state index contributed by atoms with van der Waals surface area (Å²) in [6.07, 6.45) is 1.46. The van der Waals surface area contributed by atoms with Crippen LogP contribution in [0.2, 0.25) is 5.02 Å². The number of halogens is 1. The summed E-state index contributed by atoms with van der Waals surface area (Å²) in [5.74, 6) is 0.108. The third-order valence-electron chi connectivity index (χ3n) is 2.78. The molecule has 0 fully saturated rings. The molecule has 0 bridgehead atoms. The smallest absolute Gasteiger partial charge is 0.232 e. The monoisotopic (exact) mass is 318 g/mol. The molecule has 1 aromatic carbocycles. The van der Waals surface area contributed by atoms with Crippen molar-refractivity contribution in [2.45, 2.75) is 39.7 Å². The lowest BCUT2D eigenvalue weighted by atomic mass is 10.2. The molecule has 114 valence electrons. The molecule has 0 atom stereocenters. The maximum Gasteiger partial charge on any atom is 0.232 e. The van der Waals surface area contributed by atoms with E-state index in [1.165, 1.54) is 0 Å². The molecule has 0 unspecified atom stereocenters. The Morgan fingerprint density at radius 2 is 1.95 bits per heavy atom. The minimum Gasteiger partial charge on any atom is -0.315 e. The average Bonchev–Trinajstić information content (AvgIpc) is 2.32. The zero-order valence-electron chi connectivity index (χ0n) is 12.2. The topological polar surface area (TPSA) is 58.2 Å². The van der Waals surface area contributed by atoms with Gasteiger partial charge in [-0.2, -0.15) is 0 Å². The van der Waals surface area contributed by atoms with Gasteiger partial charge < -0.3 is 5.32 Å². The highest BCUT2D eigenvalue weighted by Crippen LogP contribution is 2.23. The van der Waals surface area contributed by atoms with E-state index in [1.54, 1.807) is 12.1 Å². The van der Waals surface area contributed by atoms with Crippen LogP contribution in [-0.4, -0.2) is 26.8 Å². The van der Waals surface area contributed by atoms with Gasteiger partial charge in [-0.3, -0.25) is 4.72 Å². The van der Waals surface area contributed by atoms with E-state index in [0.29, 0.717) is 23.2 Å². The van der Waals surface area contributed by atoms with Gasteiger partial charge >= 0.3 is 0 Å². The minimum atomic E-state index is -3.34. The highest BCUT2D eigenvalue weighted by atomic mass is 35.5. The quantitative estimate of drug-likeness (QED) is 0.724. The van der Waals surface area contributed by atoms with Gasteiger partial charge in [-0.15, -0.1) is 0 Å². The predicted octanol–water partition coefficient (Wildman–Crippen LogP) is 3.17. The van der Waals surface area contributed by atoms with Crippen molar-refractivity contribution in [2.75, 3.05) is 17.0 Å². The molecule has 0 saturated heterocycles. The third-order valence-corrected chi connectivity index (χ3v) is 4.47. The van der Waals surface area contributed by atoms with Crippen LogP contribution in [0.4, 0.5) is 5.69 Å². The van der Waals surface area contributed by atoms with E-state index < -0.39 is 10.0 Å². The number of sulfonamides is 1. The van der Waals surface area contributed by atoms with Crippen molar-refractivity contribution in [2.24, 2.45) is 0 Å². The molecule has 0 saturated carbocycles. The van der Waals surface area contributed by atoms with Gasteiger partial charge in [0.15, 0.2) is 0 Å². The second kappa shape index (κ2) is 7.86. The lowest BCUT2D eigenvalue weighted by Gasteiger charge is -2.11. The second-order valence-corrected chi connectivity index (χ2v) is 7.47. The first kappa shape index (κ1) is 17.3. The molecule has 0 heterocycles. The lowest BCUT2D eigenvalue weighted by molar-refractivity contribution is 0.561.